The molecule has 2 aromatic carbocycles. The predicted octanol–water partition coefficient (Wildman–Crippen LogP) is 2.76. The number of nitrogens with zero attached hydrogens (tertiary/aromatic N) is 4. The van der Waals surface area contributed by atoms with Crippen LogP contribution >= 0.6 is 0 Å². The summed E-state index contributed by atoms with van der Waals surface area (Å²) >= 11 is 0. The highest BCUT2D eigenvalue weighted by Crippen LogP contribution is 2.30. The van der Waals surface area contributed by atoms with Gasteiger partial charge in [-0.05, 0) is 37.4 Å². The number of halogens is 2. The van der Waals surface area contributed by atoms with Crippen molar-refractivity contribution in [2.24, 2.45) is 0 Å². The molecule has 3 aromatic rings. The number of piperazine rings is 1. The Labute approximate surface area is 143 Å². The van der Waals surface area contributed by atoms with E-state index in [2.05, 4.69) is 21.9 Å². The first-order valence-corrected chi connectivity index (χ1v) is 8.13. The van der Waals surface area contributed by atoms with Crippen LogP contribution in [0.25, 0.3) is 16.6 Å². The summed E-state index contributed by atoms with van der Waals surface area (Å²) in [6, 6.07) is 8.71. The summed E-state index contributed by atoms with van der Waals surface area (Å²) in [5, 5.41) is 14.0. The van der Waals surface area contributed by atoms with Gasteiger partial charge in [0.25, 0.3) is 0 Å². The van der Waals surface area contributed by atoms with Crippen LogP contribution in [0.15, 0.2) is 36.5 Å². The van der Waals surface area contributed by atoms with Crippen LogP contribution in [0.4, 0.5) is 14.5 Å². The Hall–Kier alpha value is -2.67. The van der Waals surface area contributed by atoms with Crippen molar-refractivity contribution in [3.05, 3.63) is 48.2 Å². The van der Waals surface area contributed by atoms with E-state index in [0.717, 1.165) is 37.9 Å². The van der Waals surface area contributed by atoms with Gasteiger partial charge >= 0.3 is 0 Å². The Kier molecular flexibility index (Phi) is 3.80. The van der Waals surface area contributed by atoms with Crippen LogP contribution in [0.1, 0.15) is 0 Å². The summed E-state index contributed by atoms with van der Waals surface area (Å²) < 4.78 is 29.1. The number of rotatable bonds is 2. The smallest absolute Gasteiger partial charge is 0.194 e. The number of aromatic hydroxyl groups is 1. The largest absolute Gasteiger partial charge is 0.503 e. The van der Waals surface area contributed by atoms with E-state index in [1.807, 2.05) is 24.3 Å². The van der Waals surface area contributed by atoms with Crippen molar-refractivity contribution in [1.29, 1.82) is 0 Å². The molecule has 1 N–H and O–H groups in total. The molecule has 7 heteroatoms. The Morgan fingerprint density at radius 2 is 1.64 bits per heavy atom. The average Bonchev–Trinajstić information content (AvgIpc) is 3.04. The minimum absolute atomic E-state index is 0.0613. The fraction of sp³-hybridized carbons (Fsp3) is 0.278. The molecule has 0 bridgehead atoms. The van der Waals surface area contributed by atoms with Crippen molar-refractivity contribution in [3.8, 4) is 11.4 Å². The molecule has 1 fully saturated rings. The Bertz CT molecular complexity index is 915. The molecule has 0 spiro atoms. The average molecular weight is 344 g/mol. The van der Waals surface area contributed by atoms with E-state index >= 15 is 0 Å². The van der Waals surface area contributed by atoms with Crippen LogP contribution in [0.2, 0.25) is 0 Å². The van der Waals surface area contributed by atoms with Gasteiger partial charge in [0.15, 0.2) is 17.4 Å². The molecule has 0 saturated carbocycles. The third-order valence-electron chi connectivity index (χ3n) is 4.68. The normalized spacial score (nSPS) is 15.9. The first-order valence-electron chi connectivity index (χ1n) is 8.13. The summed E-state index contributed by atoms with van der Waals surface area (Å²) in [6.45, 7) is 3.95. The van der Waals surface area contributed by atoms with E-state index in [4.69, 9.17) is 0 Å². The van der Waals surface area contributed by atoms with Crippen LogP contribution in [0.5, 0.6) is 5.75 Å². The van der Waals surface area contributed by atoms with Gasteiger partial charge in [0.05, 0.1) is 11.9 Å². The fourth-order valence-corrected chi connectivity index (χ4v) is 3.17. The lowest BCUT2D eigenvalue weighted by Gasteiger charge is -2.34. The maximum atomic E-state index is 14.3. The number of likely N-dealkylation sites (N-methyl/N-ethyl adjacent to an activating group) is 1. The number of phenols is 1. The molecule has 2 heterocycles. The Morgan fingerprint density at radius 3 is 2.32 bits per heavy atom. The zero-order chi connectivity index (χ0) is 17.6. The molecule has 0 unspecified atom stereocenters. The molecule has 25 heavy (non-hydrogen) atoms. The molecule has 1 saturated heterocycles. The second-order valence-corrected chi connectivity index (χ2v) is 6.32. The predicted molar refractivity (Wildman–Crippen MR) is 92.4 cm³/mol. The summed E-state index contributed by atoms with van der Waals surface area (Å²) in [6.07, 6.45) is 1.38. The van der Waals surface area contributed by atoms with Gasteiger partial charge < -0.3 is 14.9 Å². The van der Waals surface area contributed by atoms with Crippen LogP contribution in [-0.4, -0.2) is 53.0 Å². The lowest BCUT2D eigenvalue weighted by molar-refractivity contribution is 0.313. The van der Waals surface area contributed by atoms with Crippen LogP contribution in [-0.2, 0) is 0 Å². The van der Waals surface area contributed by atoms with Gasteiger partial charge in [-0.25, -0.2) is 13.5 Å². The zero-order valence-corrected chi connectivity index (χ0v) is 13.8. The second kappa shape index (κ2) is 6.00. The zero-order valence-electron chi connectivity index (χ0n) is 13.8. The number of hydrogen-bond acceptors (Lipinski definition) is 4. The van der Waals surface area contributed by atoms with Crippen LogP contribution in [0, 0.1) is 11.6 Å². The van der Waals surface area contributed by atoms with Crippen molar-refractivity contribution in [1.82, 2.24) is 14.7 Å². The standard InChI is InChI=1S/C18H18F2N4O/c1-22-6-8-23(9-7-22)13-2-4-14(5-3-13)24-17-12(11-21-24)10-15(19)18(25)16(17)20/h2-5,10-11,25H,6-9H2,1H3. The molecule has 1 aliphatic rings. The van der Waals surface area contributed by atoms with Crippen molar-refractivity contribution >= 4 is 16.6 Å². The van der Waals surface area contributed by atoms with Gasteiger partial charge in [-0.2, -0.15) is 5.10 Å². The van der Waals surface area contributed by atoms with Gasteiger partial charge in [0.2, 0.25) is 0 Å². The molecule has 4 rings (SSSR count). The maximum Gasteiger partial charge on any atom is 0.194 e. The lowest BCUT2D eigenvalue weighted by Crippen LogP contribution is -2.44. The molecular weight excluding hydrogens is 326 g/mol. The molecule has 130 valence electrons. The third-order valence-corrected chi connectivity index (χ3v) is 4.68. The highest BCUT2D eigenvalue weighted by Gasteiger charge is 2.18. The summed E-state index contributed by atoms with van der Waals surface area (Å²) in [5.41, 5.74) is 1.81. The SMILES string of the molecule is CN1CCN(c2ccc(-n3ncc4cc(F)c(O)c(F)c43)cc2)CC1. The summed E-state index contributed by atoms with van der Waals surface area (Å²) in [5.74, 6) is -2.98. The third kappa shape index (κ3) is 2.70. The number of anilines is 1. The number of hydrogen-bond donors (Lipinski definition) is 1. The van der Waals surface area contributed by atoms with Gasteiger partial charge in [-0.15, -0.1) is 0 Å². The first-order chi connectivity index (χ1) is 12.0. The molecule has 5 nitrogen and oxygen atoms in total. The van der Waals surface area contributed by atoms with Crippen molar-refractivity contribution in [3.63, 3.8) is 0 Å². The molecule has 0 amide bonds. The molecule has 0 radical (unpaired) electrons. The molecular formula is C18H18F2N4O. The Balaban J connectivity index is 1.69. The van der Waals surface area contributed by atoms with Crippen LogP contribution in [0.3, 0.4) is 0 Å². The number of benzene rings is 2. The maximum absolute atomic E-state index is 14.3. The monoisotopic (exact) mass is 344 g/mol. The van der Waals surface area contributed by atoms with E-state index in [-0.39, 0.29) is 5.52 Å². The molecule has 0 aliphatic carbocycles. The highest BCUT2D eigenvalue weighted by molar-refractivity contribution is 5.82. The number of phenolic OH excluding ortho intramolecular Hbond substituents is 1. The van der Waals surface area contributed by atoms with E-state index in [1.165, 1.54) is 10.9 Å². The van der Waals surface area contributed by atoms with Crippen molar-refractivity contribution in [2.75, 3.05) is 38.1 Å². The van der Waals surface area contributed by atoms with E-state index in [1.54, 1.807) is 0 Å². The van der Waals surface area contributed by atoms with Gasteiger partial charge in [-0.3, -0.25) is 0 Å². The van der Waals surface area contributed by atoms with Crippen molar-refractivity contribution in [2.45, 2.75) is 0 Å². The molecule has 1 aliphatic heterocycles. The van der Waals surface area contributed by atoms with E-state index in [9.17, 15) is 13.9 Å². The first kappa shape index (κ1) is 15.8. The highest BCUT2D eigenvalue weighted by atomic mass is 19.1. The lowest BCUT2D eigenvalue weighted by atomic mass is 10.2. The van der Waals surface area contributed by atoms with Gasteiger partial charge in [0.1, 0.15) is 5.52 Å². The van der Waals surface area contributed by atoms with E-state index in [0.29, 0.717) is 11.1 Å². The fourth-order valence-electron chi connectivity index (χ4n) is 3.17. The minimum Gasteiger partial charge on any atom is -0.503 e. The van der Waals surface area contributed by atoms with Gasteiger partial charge in [-0.1, -0.05) is 0 Å². The molecule has 1 aromatic heterocycles. The summed E-state index contributed by atoms with van der Waals surface area (Å²) in [4.78, 5) is 4.59. The number of aromatic nitrogens is 2. The van der Waals surface area contributed by atoms with E-state index < -0.39 is 17.4 Å². The second-order valence-electron chi connectivity index (χ2n) is 6.32. The summed E-state index contributed by atoms with van der Waals surface area (Å²) in [7, 11) is 2.11. The van der Waals surface area contributed by atoms with Crippen molar-refractivity contribution < 1.29 is 13.9 Å². The topological polar surface area (TPSA) is 44.5 Å². The minimum atomic E-state index is -1.00. The Morgan fingerprint density at radius 1 is 1.00 bits per heavy atom. The molecule has 0 atom stereocenters. The quantitative estimate of drug-likeness (QED) is 0.776. The van der Waals surface area contributed by atoms with Crippen LogP contribution < -0.4 is 4.90 Å². The number of fused-ring (bicyclic) bond motifs is 1. The van der Waals surface area contributed by atoms with Gasteiger partial charge in [0, 0.05) is 37.3 Å².